The van der Waals surface area contributed by atoms with E-state index < -0.39 is 27.8 Å². The van der Waals surface area contributed by atoms with Gasteiger partial charge in [-0.15, -0.1) is 0 Å². The van der Waals surface area contributed by atoms with E-state index in [1.54, 1.807) is 16.8 Å². The standard InChI is InChI=1S/C25H22F3N5O3S/c26-25(27,28)18-7-4-8-19(15-18)31-24(34)30-14-13-20-16-23(17-5-2-1-3-6-17)33(32-20)21-9-11-22(12-10-21)37(29,35)36/h1-12,15-16H,13-14H2,(H2,29,35,36)(H2,30,31,34). The predicted octanol–water partition coefficient (Wildman–Crippen LogP) is 4.57. The molecule has 1 aromatic heterocycles. The van der Waals surface area contributed by atoms with Gasteiger partial charge in [0.1, 0.15) is 0 Å². The molecular weight excluding hydrogens is 507 g/mol. The second-order valence-electron chi connectivity index (χ2n) is 8.05. The van der Waals surface area contributed by atoms with Gasteiger partial charge in [0.2, 0.25) is 10.0 Å². The molecule has 0 aliphatic rings. The number of primary sulfonamides is 1. The lowest BCUT2D eigenvalue weighted by Gasteiger charge is -2.10. The third-order valence-electron chi connectivity index (χ3n) is 5.35. The Morgan fingerprint density at radius 2 is 1.65 bits per heavy atom. The number of rotatable bonds is 7. The van der Waals surface area contributed by atoms with Crippen molar-refractivity contribution in [2.75, 3.05) is 11.9 Å². The van der Waals surface area contributed by atoms with Gasteiger partial charge in [-0.2, -0.15) is 18.3 Å². The smallest absolute Gasteiger partial charge is 0.337 e. The molecule has 12 heteroatoms. The van der Waals surface area contributed by atoms with Crippen molar-refractivity contribution in [1.29, 1.82) is 0 Å². The maximum absolute atomic E-state index is 12.9. The Labute approximate surface area is 211 Å². The zero-order chi connectivity index (χ0) is 26.6. The topological polar surface area (TPSA) is 119 Å². The summed E-state index contributed by atoms with van der Waals surface area (Å²) < 4.78 is 63.5. The van der Waals surface area contributed by atoms with Gasteiger partial charge >= 0.3 is 12.2 Å². The second-order valence-corrected chi connectivity index (χ2v) is 9.61. The molecule has 4 rings (SSSR count). The molecule has 2 amide bonds. The molecule has 0 aliphatic carbocycles. The number of anilines is 1. The molecular formula is C25H22F3N5O3S. The van der Waals surface area contributed by atoms with Crippen LogP contribution < -0.4 is 15.8 Å². The van der Waals surface area contributed by atoms with Gasteiger partial charge in [0.15, 0.2) is 0 Å². The highest BCUT2D eigenvalue weighted by Gasteiger charge is 2.30. The molecule has 0 spiro atoms. The average molecular weight is 530 g/mol. The van der Waals surface area contributed by atoms with Crippen molar-refractivity contribution in [3.8, 4) is 16.9 Å². The molecule has 0 saturated carbocycles. The van der Waals surface area contributed by atoms with E-state index >= 15 is 0 Å². The Kier molecular flexibility index (Phi) is 7.32. The first-order chi connectivity index (χ1) is 17.5. The fourth-order valence-corrected chi connectivity index (χ4v) is 4.11. The number of carbonyl (C=O) groups is 1. The molecule has 0 saturated heterocycles. The number of urea groups is 1. The lowest BCUT2D eigenvalue weighted by atomic mass is 10.1. The van der Waals surface area contributed by atoms with Gasteiger partial charge in [0, 0.05) is 24.2 Å². The molecule has 0 atom stereocenters. The van der Waals surface area contributed by atoms with Crippen LogP contribution in [0.25, 0.3) is 16.9 Å². The van der Waals surface area contributed by atoms with Crippen LogP contribution in [0, 0.1) is 0 Å². The number of carbonyl (C=O) groups excluding carboxylic acids is 1. The lowest BCUT2D eigenvalue weighted by Crippen LogP contribution is -2.30. The largest absolute Gasteiger partial charge is 0.416 e. The lowest BCUT2D eigenvalue weighted by molar-refractivity contribution is -0.137. The van der Waals surface area contributed by atoms with Crippen molar-refractivity contribution in [2.24, 2.45) is 5.14 Å². The molecule has 1 heterocycles. The number of hydrogen-bond acceptors (Lipinski definition) is 4. The first-order valence-electron chi connectivity index (χ1n) is 11.0. The Bertz CT molecular complexity index is 1500. The number of aromatic nitrogens is 2. The molecule has 0 unspecified atom stereocenters. The van der Waals surface area contributed by atoms with Crippen molar-refractivity contribution in [1.82, 2.24) is 15.1 Å². The van der Waals surface area contributed by atoms with Crippen LogP contribution in [-0.4, -0.2) is 30.8 Å². The third-order valence-corrected chi connectivity index (χ3v) is 6.28. The Morgan fingerprint density at radius 3 is 2.30 bits per heavy atom. The number of nitrogens with zero attached hydrogens (tertiary/aromatic N) is 2. The van der Waals surface area contributed by atoms with Crippen LogP contribution in [0.1, 0.15) is 11.3 Å². The minimum Gasteiger partial charge on any atom is -0.337 e. The zero-order valence-corrected chi connectivity index (χ0v) is 20.1. The monoisotopic (exact) mass is 529 g/mol. The van der Waals surface area contributed by atoms with Crippen LogP contribution >= 0.6 is 0 Å². The van der Waals surface area contributed by atoms with Crippen LogP contribution in [0.3, 0.4) is 0 Å². The first-order valence-corrected chi connectivity index (χ1v) is 12.5. The second kappa shape index (κ2) is 10.4. The Morgan fingerprint density at radius 1 is 0.946 bits per heavy atom. The highest BCUT2D eigenvalue weighted by molar-refractivity contribution is 7.89. The number of amides is 2. The van der Waals surface area contributed by atoms with E-state index in [0.717, 1.165) is 23.4 Å². The van der Waals surface area contributed by atoms with Gasteiger partial charge in [0.05, 0.1) is 27.5 Å². The van der Waals surface area contributed by atoms with Crippen molar-refractivity contribution in [2.45, 2.75) is 17.5 Å². The number of benzene rings is 3. The Balaban J connectivity index is 1.48. The third kappa shape index (κ3) is 6.54. The molecule has 4 aromatic rings. The minimum absolute atomic E-state index is 0.0194. The summed E-state index contributed by atoms with van der Waals surface area (Å²) in [4.78, 5) is 12.2. The summed E-state index contributed by atoms with van der Waals surface area (Å²) in [5.41, 5.74) is 2.01. The number of alkyl halides is 3. The van der Waals surface area contributed by atoms with Crippen molar-refractivity contribution in [3.05, 3.63) is 96.2 Å². The molecule has 192 valence electrons. The minimum atomic E-state index is -4.51. The molecule has 0 bridgehead atoms. The fraction of sp³-hybridized carbons (Fsp3) is 0.120. The van der Waals surface area contributed by atoms with Gasteiger partial charge in [-0.1, -0.05) is 36.4 Å². The molecule has 4 N–H and O–H groups in total. The van der Waals surface area contributed by atoms with Gasteiger partial charge in [-0.25, -0.2) is 23.0 Å². The summed E-state index contributed by atoms with van der Waals surface area (Å²) in [5.74, 6) is 0. The van der Waals surface area contributed by atoms with Crippen LogP contribution in [0.2, 0.25) is 0 Å². The first kappa shape index (κ1) is 25.9. The maximum Gasteiger partial charge on any atom is 0.416 e. The number of hydrogen-bond donors (Lipinski definition) is 3. The number of halogens is 3. The molecule has 0 aliphatic heterocycles. The number of nitrogens with two attached hydrogens (primary N) is 1. The van der Waals surface area contributed by atoms with Crippen molar-refractivity contribution in [3.63, 3.8) is 0 Å². The fourth-order valence-electron chi connectivity index (χ4n) is 3.59. The average Bonchev–Trinajstić information content (AvgIpc) is 3.28. The van der Waals surface area contributed by atoms with E-state index in [1.807, 2.05) is 36.4 Å². The van der Waals surface area contributed by atoms with E-state index in [9.17, 15) is 26.4 Å². The highest BCUT2D eigenvalue weighted by atomic mass is 32.2. The normalized spacial score (nSPS) is 11.8. The van der Waals surface area contributed by atoms with E-state index in [2.05, 4.69) is 15.7 Å². The number of nitrogens with one attached hydrogen (secondary N) is 2. The van der Waals surface area contributed by atoms with Crippen LogP contribution in [0.15, 0.2) is 89.8 Å². The SMILES string of the molecule is NS(=O)(=O)c1ccc(-n2nc(CCNC(=O)Nc3cccc(C(F)(F)F)c3)cc2-c2ccccc2)cc1. The van der Waals surface area contributed by atoms with Crippen LogP contribution in [-0.2, 0) is 22.6 Å². The van der Waals surface area contributed by atoms with Crippen LogP contribution in [0.5, 0.6) is 0 Å². The summed E-state index contributed by atoms with van der Waals surface area (Å²) in [6, 6.07) is 20.9. The Hall–Kier alpha value is -4.16. The van der Waals surface area contributed by atoms with Crippen molar-refractivity contribution >= 4 is 21.7 Å². The molecule has 8 nitrogen and oxygen atoms in total. The van der Waals surface area contributed by atoms with Crippen molar-refractivity contribution < 1.29 is 26.4 Å². The number of sulfonamides is 1. The van der Waals surface area contributed by atoms with E-state index in [0.29, 0.717) is 17.8 Å². The van der Waals surface area contributed by atoms with Gasteiger partial charge < -0.3 is 10.6 Å². The zero-order valence-electron chi connectivity index (χ0n) is 19.2. The molecule has 0 fully saturated rings. The maximum atomic E-state index is 12.9. The van der Waals surface area contributed by atoms with E-state index in [-0.39, 0.29) is 17.1 Å². The summed E-state index contributed by atoms with van der Waals surface area (Å²) in [6.45, 7) is 0.167. The van der Waals surface area contributed by atoms with E-state index in [4.69, 9.17) is 5.14 Å². The highest BCUT2D eigenvalue weighted by Crippen LogP contribution is 2.30. The summed E-state index contributed by atoms with van der Waals surface area (Å²) in [7, 11) is -3.84. The van der Waals surface area contributed by atoms with Gasteiger partial charge in [-0.3, -0.25) is 0 Å². The summed E-state index contributed by atoms with van der Waals surface area (Å²) in [5, 5.41) is 14.8. The van der Waals surface area contributed by atoms with Crippen LogP contribution in [0.4, 0.5) is 23.7 Å². The molecule has 37 heavy (non-hydrogen) atoms. The van der Waals surface area contributed by atoms with E-state index in [1.165, 1.54) is 24.3 Å². The summed E-state index contributed by atoms with van der Waals surface area (Å²) in [6.07, 6.45) is -4.18. The quantitative estimate of drug-likeness (QED) is 0.325. The van der Waals surface area contributed by atoms with Gasteiger partial charge in [0.25, 0.3) is 0 Å². The molecule has 0 radical (unpaired) electrons. The predicted molar refractivity (Wildman–Crippen MR) is 133 cm³/mol. The van der Waals surface area contributed by atoms with Gasteiger partial charge in [-0.05, 0) is 48.5 Å². The molecule has 3 aromatic carbocycles. The summed E-state index contributed by atoms with van der Waals surface area (Å²) >= 11 is 0.